The molecule has 2 N–H and O–H groups in total. The predicted octanol–water partition coefficient (Wildman–Crippen LogP) is 4.52. The summed E-state index contributed by atoms with van der Waals surface area (Å²) in [5.41, 5.74) is 9.86. The van der Waals surface area contributed by atoms with Gasteiger partial charge < -0.3 is 29.4 Å². The van der Waals surface area contributed by atoms with E-state index >= 15 is 0 Å². The summed E-state index contributed by atoms with van der Waals surface area (Å²) >= 11 is 0. The zero-order valence-electron chi connectivity index (χ0n) is 20.5. The molecule has 0 aromatic heterocycles. The highest BCUT2D eigenvalue weighted by Crippen LogP contribution is 2.45. The number of hydrogen-bond acceptors (Lipinski definition) is 8. The van der Waals surface area contributed by atoms with Gasteiger partial charge in [-0.3, -0.25) is 0 Å². The van der Waals surface area contributed by atoms with Crippen molar-refractivity contribution >= 4 is 5.97 Å². The number of allylic oxidation sites excluding steroid dienone is 1. The van der Waals surface area contributed by atoms with Crippen LogP contribution in [0.1, 0.15) is 28.2 Å². The molecule has 1 aliphatic heterocycles. The number of hydrogen-bond donors (Lipinski definition) is 1. The molecule has 4 rings (SSSR count). The molecule has 1 unspecified atom stereocenters. The summed E-state index contributed by atoms with van der Waals surface area (Å²) in [5.74, 6) is 1.27. The number of aryl methyl sites for hydroxylation is 1. The molecule has 1 heterocycles. The summed E-state index contributed by atoms with van der Waals surface area (Å²) in [6.45, 7) is 3.65. The van der Waals surface area contributed by atoms with Crippen LogP contribution >= 0.6 is 0 Å². The van der Waals surface area contributed by atoms with Crippen molar-refractivity contribution in [2.75, 3.05) is 20.8 Å². The lowest BCUT2D eigenvalue weighted by Crippen LogP contribution is -2.22. The van der Waals surface area contributed by atoms with Crippen LogP contribution in [-0.4, -0.2) is 26.8 Å². The van der Waals surface area contributed by atoms with Crippen molar-refractivity contribution in [2.24, 2.45) is 5.73 Å². The van der Waals surface area contributed by atoms with E-state index in [0.29, 0.717) is 28.6 Å². The van der Waals surface area contributed by atoms with Crippen LogP contribution in [0, 0.1) is 25.2 Å². The molecule has 0 radical (unpaired) electrons. The lowest BCUT2D eigenvalue weighted by Gasteiger charge is -2.27. The number of ether oxygens (including phenoxy) is 5. The maximum atomic E-state index is 12.4. The third kappa shape index (κ3) is 4.77. The minimum atomic E-state index is -0.565. The van der Waals surface area contributed by atoms with Crippen LogP contribution < -0.4 is 29.4 Å². The lowest BCUT2D eigenvalue weighted by atomic mass is 9.83. The average molecular weight is 487 g/mol. The summed E-state index contributed by atoms with van der Waals surface area (Å²) in [5, 5.41) is 9.80. The van der Waals surface area contributed by atoms with Gasteiger partial charge in [0.2, 0.25) is 5.88 Å². The van der Waals surface area contributed by atoms with Crippen LogP contribution in [0.4, 0.5) is 0 Å². The van der Waals surface area contributed by atoms with Crippen molar-refractivity contribution in [2.45, 2.75) is 19.8 Å². The van der Waals surface area contributed by atoms with E-state index in [1.165, 1.54) is 0 Å². The number of rotatable bonds is 7. The van der Waals surface area contributed by atoms with E-state index in [0.717, 1.165) is 16.7 Å². The van der Waals surface area contributed by atoms with Gasteiger partial charge in [-0.2, -0.15) is 5.26 Å². The molecular weight excluding hydrogens is 460 g/mol. The molecule has 3 aromatic rings. The van der Waals surface area contributed by atoms with Crippen molar-refractivity contribution in [1.29, 1.82) is 5.26 Å². The van der Waals surface area contributed by atoms with Gasteiger partial charge in [-0.05, 0) is 54.8 Å². The van der Waals surface area contributed by atoms with Gasteiger partial charge in [0.1, 0.15) is 28.9 Å². The molecule has 8 heteroatoms. The Kier molecular flexibility index (Phi) is 7.02. The van der Waals surface area contributed by atoms with E-state index in [2.05, 4.69) is 6.07 Å². The number of methoxy groups -OCH3 is 2. The molecule has 1 aliphatic rings. The second-order valence-electron chi connectivity index (χ2n) is 8.20. The Morgan fingerprint density at radius 2 is 1.81 bits per heavy atom. The van der Waals surface area contributed by atoms with Gasteiger partial charge >= 0.3 is 5.97 Å². The highest BCUT2D eigenvalue weighted by molar-refractivity contribution is 5.74. The fourth-order valence-corrected chi connectivity index (χ4v) is 4.05. The average Bonchev–Trinajstić information content (AvgIpc) is 2.88. The summed E-state index contributed by atoms with van der Waals surface area (Å²) in [6, 6.07) is 18.1. The molecule has 1 atom stereocenters. The first-order valence-corrected chi connectivity index (χ1v) is 11.2. The van der Waals surface area contributed by atoms with Gasteiger partial charge in [0.15, 0.2) is 18.1 Å². The van der Waals surface area contributed by atoms with Crippen molar-refractivity contribution in [3.8, 4) is 34.8 Å². The van der Waals surface area contributed by atoms with Crippen LogP contribution in [0.3, 0.4) is 0 Å². The maximum absolute atomic E-state index is 12.4. The standard InChI is InChI=1S/C28H26N2O6/c1-16-6-5-7-22(17(16)2)34-15-26(31)35-19-9-10-20-24(13-19)36-28(30)21(14-29)27(20)18-8-11-23(32-3)25(12-18)33-4/h5-13,27H,15,30H2,1-4H3. The van der Waals surface area contributed by atoms with E-state index in [-0.39, 0.29) is 23.8 Å². The Morgan fingerprint density at radius 1 is 1.03 bits per heavy atom. The Labute approximate surface area is 209 Å². The normalized spacial score (nSPS) is 14.2. The van der Waals surface area contributed by atoms with Crippen LogP contribution in [0.5, 0.6) is 28.7 Å². The Hall–Kier alpha value is -4.64. The monoisotopic (exact) mass is 486 g/mol. The van der Waals surface area contributed by atoms with Gasteiger partial charge in [-0.1, -0.05) is 24.3 Å². The summed E-state index contributed by atoms with van der Waals surface area (Å²) in [7, 11) is 3.09. The zero-order valence-corrected chi connectivity index (χ0v) is 20.5. The van der Waals surface area contributed by atoms with Crippen molar-refractivity contribution in [3.63, 3.8) is 0 Å². The quantitative estimate of drug-likeness (QED) is 0.383. The number of carbonyl (C=O) groups excluding carboxylic acids is 1. The summed E-state index contributed by atoms with van der Waals surface area (Å²) in [6.07, 6.45) is 0. The molecule has 0 amide bonds. The van der Waals surface area contributed by atoms with Crippen molar-refractivity contribution in [3.05, 3.63) is 88.3 Å². The van der Waals surface area contributed by atoms with Gasteiger partial charge in [-0.25, -0.2) is 4.79 Å². The Morgan fingerprint density at radius 3 is 2.53 bits per heavy atom. The highest BCUT2D eigenvalue weighted by atomic mass is 16.6. The van der Waals surface area contributed by atoms with Crippen LogP contribution in [0.2, 0.25) is 0 Å². The molecule has 0 aliphatic carbocycles. The number of fused-ring (bicyclic) bond motifs is 1. The van der Waals surface area contributed by atoms with Crippen LogP contribution in [0.15, 0.2) is 66.1 Å². The SMILES string of the molecule is COc1ccc(C2C(C#N)=C(N)Oc3cc(OC(=O)COc4cccc(C)c4C)ccc32)cc1OC. The number of esters is 1. The molecule has 0 saturated carbocycles. The van der Waals surface area contributed by atoms with Gasteiger partial charge in [0.25, 0.3) is 0 Å². The Bertz CT molecular complexity index is 1390. The van der Waals surface area contributed by atoms with E-state index < -0.39 is 11.9 Å². The molecule has 0 fully saturated rings. The number of nitriles is 1. The first-order chi connectivity index (χ1) is 17.4. The van der Waals surface area contributed by atoms with E-state index in [1.807, 2.05) is 32.0 Å². The predicted molar refractivity (Wildman–Crippen MR) is 132 cm³/mol. The largest absolute Gasteiger partial charge is 0.493 e. The van der Waals surface area contributed by atoms with E-state index in [9.17, 15) is 10.1 Å². The molecule has 0 bridgehead atoms. The first-order valence-electron chi connectivity index (χ1n) is 11.2. The molecular formula is C28H26N2O6. The smallest absolute Gasteiger partial charge is 0.349 e. The van der Waals surface area contributed by atoms with E-state index in [4.69, 9.17) is 29.4 Å². The molecule has 184 valence electrons. The van der Waals surface area contributed by atoms with Crippen LogP contribution in [-0.2, 0) is 4.79 Å². The van der Waals surface area contributed by atoms with Crippen molar-refractivity contribution in [1.82, 2.24) is 0 Å². The second kappa shape index (κ2) is 10.3. The lowest BCUT2D eigenvalue weighted by molar-refractivity contribution is -0.136. The summed E-state index contributed by atoms with van der Waals surface area (Å²) in [4.78, 5) is 12.4. The third-order valence-corrected chi connectivity index (χ3v) is 6.06. The first kappa shape index (κ1) is 24.5. The number of nitrogens with zero attached hydrogens (tertiary/aromatic N) is 1. The van der Waals surface area contributed by atoms with E-state index in [1.54, 1.807) is 50.6 Å². The Balaban J connectivity index is 1.58. The fourth-order valence-electron chi connectivity index (χ4n) is 4.05. The molecule has 0 saturated heterocycles. The summed E-state index contributed by atoms with van der Waals surface area (Å²) < 4.78 is 27.6. The topological polar surface area (TPSA) is 113 Å². The third-order valence-electron chi connectivity index (χ3n) is 6.06. The number of benzene rings is 3. The molecule has 36 heavy (non-hydrogen) atoms. The van der Waals surface area contributed by atoms with Crippen molar-refractivity contribution < 1.29 is 28.5 Å². The van der Waals surface area contributed by atoms with Gasteiger partial charge in [-0.15, -0.1) is 0 Å². The van der Waals surface area contributed by atoms with Gasteiger partial charge in [0.05, 0.1) is 20.1 Å². The number of carbonyl (C=O) groups is 1. The van der Waals surface area contributed by atoms with Gasteiger partial charge in [0, 0.05) is 11.6 Å². The minimum Gasteiger partial charge on any atom is -0.493 e. The maximum Gasteiger partial charge on any atom is 0.349 e. The minimum absolute atomic E-state index is 0.0217. The van der Waals surface area contributed by atoms with Crippen LogP contribution in [0.25, 0.3) is 0 Å². The molecule has 3 aromatic carbocycles. The second-order valence-corrected chi connectivity index (χ2v) is 8.20. The fraction of sp³-hybridized carbons (Fsp3) is 0.214. The molecule has 0 spiro atoms. The highest BCUT2D eigenvalue weighted by Gasteiger charge is 2.31. The number of nitrogens with two attached hydrogens (primary N) is 1. The zero-order chi connectivity index (χ0) is 25.8. The molecule has 8 nitrogen and oxygen atoms in total.